The highest BCUT2D eigenvalue weighted by Crippen LogP contribution is 2.28. The summed E-state index contributed by atoms with van der Waals surface area (Å²) in [6.07, 6.45) is 0. The van der Waals surface area contributed by atoms with E-state index in [-0.39, 0.29) is 11.6 Å². The quantitative estimate of drug-likeness (QED) is 0.451. The number of hydrogen-bond acceptors (Lipinski definition) is 6. The Kier molecular flexibility index (Phi) is 8.61. The summed E-state index contributed by atoms with van der Waals surface area (Å²) in [6.45, 7) is 5.32. The highest BCUT2D eigenvalue weighted by Gasteiger charge is 2.08. The molecular formula is C20H24N2O5S. The fraction of sp³-hybridized carbons (Fsp3) is 0.350. The van der Waals surface area contributed by atoms with Crippen molar-refractivity contribution in [3.8, 4) is 11.5 Å². The van der Waals surface area contributed by atoms with Crippen molar-refractivity contribution in [2.75, 3.05) is 19.0 Å². The summed E-state index contributed by atoms with van der Waals surface area (Å²) in [6, 6.07) is 12.0. The molecule has 0 heterocycles. The van der Waals surface area contributed by atoms with E-state index in [1.165, 1.54) is 23.9 Å². The van der Waals surface area contributed by atoms with Crippen LogP contribution in [0.2, 0.25) is 0 Å². The van der Waals surface area contributed by atoms with Crippen LogP contribution in [0.5, 0.6) is 11.5 Å². The van der Waals surface area contributed by atoms with Crippen LogP contribution in [-0.2, 0) is 17.1 Å². The standard InChI is InChI=1S/C20H24N2O5S/c1-3-26-18-10-7-16(11-19(18)27-4-2)12-21-20(23)14-28-13-15-5-8-17(9-6-15)22(24)25/h5-11H,3-4,12-14H2,1-2H3,(H,21,23). The van der Waals surface area contributed by atoms with Crippen molar-refractivity contribution in [1.82, 2.24) is 5.32 Å². The molecule has 1 amide bonds. The second-order valence-electron chi connectivity index (χ2n) is 5.84. The lowest BCUT2D eigenvalue weighted by Gasteiger charge is -2.13. The number of nitrogens with one attached hydrogen (secondary N) is 1. The fourth-order valence-corrected chi connectivity index (χ4v) is 3.25. The molecule has 2 rings (SSSR count). The molecule has 150 valence electrons. The minimum atomic E-state index is -0.428. The van der Waals surface area contributed by atoms with Gasteiger partial charge in [-0.1, -0.05) is 18.2 Å². The van der Waals surface area contributed by atoms with Crippen molar-refractivity contribution >= 4 is 23.4 Å². The fourth-order valence-electron chi connectivity index (χ4n) is 2.43. The Bertz CT molecular complexity index is 796. The molecule has 7 nitrogen and oxygen atoms in total. The predicted molar refractivity (Wildman–Crippen MR) is 110 cm³/mol. The second kappa shape index (κ2) is 11.2. The lowest BCUT2D eigenvalue weighted by molar-refractivity contribution is -0.384. The molecule has 1 N–H and O–H groups in total. The molecule has 0 bridgehead atoms. The van der Waals surface area contributed by atoms with Gasteiger partial charge in [-0.2, -0.15) is 0 Å². The van der Waals surface area contributed by atoms with Crippen molar-refractivity contribution in [3.63, 3.8) is 0 Å². The topological polar surface area (TPSA) is 90.7 Å². The van der Waals surface area contributed by atoms with Crippen molar-refractivity contribution in [2.24, 2.45) is 0 Å². The molecule has 0 aliphatic heterocycles. The number of nitro benzene ring substituents is 1. The lowest BCUT2D eigenvalue weighted by atomic mass is 10.2. The number of nitrogens with zero attached hydrogens (tertiary/aromatic N) is 1. The number of ether oxygens (including phenoxy) is 2. The van der Waals surface area contributed by atoms with E-state index in [2.05, 4.69) is 5.32 Å². The third-order valence-electron chi connectivity index (χ3n) is 3.75. The van der Waals surface area contributed by atoms with E-state index in [1.807, 2.05) is 32.0 Å². The van der Waals surface area contributed by atoms with E-state index >= 15 is 0 Å². The normalized spacial score (nSPS) is 10.4. The molecule has 0 aliphatic rings. The van der Waals surface area contributed by atoms with Crippen LogP contribution in [0.3, 0.4) is 0 Å². The van der Waals surface area contributed by atoms with E-state index in [0.29, 0.717) is 42.8 Å². The van der Waals surface area contributed by atoms with Crippen LogP contribution in [0.15, 0.2) is 42.5 Å². The van der Waals surface area contributed by atoms with Crippen LogP contribution in [0.4, 0.5) is 5.69 Å². The Hall–Kier alpha value is -2.74. The van der Waals surface area contributed by atoms with Crippen LogP contribution < -0.4 is 14.8 Å². The Morgan fingerprint density at radius 2 is 1.68 bits per heavy atom. The van der Waals surface area contributed by atoms with Gasteiger partial charge >= 0.3 is 0 Å². The maximum absolute atomic E-state index is 12.1. The van der Waals surface area contributed by atoms with Gasteiger partial charge in [0.25, 0.3) is 5.69 Å². The van der Waals surface area contributed by atoms with Gasteiger partial charge in [0.1, 0.15) is 0 Å². The molecule has 0 saturated carbocycles. The molecule has 0 aromatic heterocycles. The zero-order chi connectivity index (χ0) is 20.4. The number of amides is 1. The van der Waals surface area contributed by atoms with Crippen molar-refractivity contribution in [1.29, 1.82) is 0 Å². The van der Waals surface area contributed by atoms with Crippen LogP contribution in [0.25, 0.3) is 0 Å². The van der Waals surface area contributed by atoms with E-state index in [9.17, 15) is 14.9 Å². The predicted octanol–water partition coefficient (Wildman–Crippen LogP) is 3.94. The van der Waals surface area contributed by atoms with Gasteiger partial charge in [0.2, 0.25) is 5.91 Å². The number of rotatable bonds is 11. The zero-order valence-electron chi connectivity index (χ0n) is 16.0. The van der Waals surface area contributed by atoms with E-state index in [4.69, 9.17) is 9.47 Å². The van der Waals surface area contributed by atoms with Gasteiger partial charge in [-0.05, 0) is 37.1 Å². The largest absolute Gasteiger partial charge is 0.490 e. The van der Waals surface area contributed by atoms with Crippen LogP contribution in [0, 0.1) is 10.1 Å². The highest BCUT2D eigenvalue weighted by molar-refractivity contribution is 7.99. The summed E-state index contributed by atoms with van der Waals surface area (Å²) in [7, 11) is 0. The molecule has 2 aromatic carbocycles. The summed E-state index contributed by atoms with van der Waals surface area (Å²) in [5.41, 5.74) is 1.94. The molecule has 0 aliphatic carbocycles. The van der Waals surface area contributed by atoms with Crippen molar-refractivity contribution in [2.45, 2.75) is 26.1 Å². The molecule has 0 spiro atoms. The van der Waals surface area contributed by atoms with Gasteiger partial charge < -0.3 is 14.8 Å². The van der Waals surface area contributed by atoms with Gasteiger partial charge in [-0.15, -0.1) is 11.8 Å². The monoisotopic (exact) mass is 404 g/mol. The minimum Gasteiger partial charge on any atom is -0.490 e. The molecular weight excluding hydrogens is 380 g/mol. The number of thioether (sulfide) groups is 1. The summed E-state index contributed by atoms with van der Waals surface area (Å²) >= 11 is 1.46. The molecule has 8 heteroatoms. The molecule has 0 atom stereocenters. The van der Waals surface area contributed by atoms with Gasteiger partial charge in [0.15, 0.2) is 11.5 Å². The first-order valence-corrected chi connectivity index (χ1v) is 10.1. The third kappa shape index (κ3) is 6.77. The van der Waals surface area contributed by atoms with E-state index in [1.54, 1.807) is 12.1 Å². The molecule has 0 unspecified atom stereocenters. The third-order valence-corrected chi connectivity index (χ3v) is 4.75. The van der Waals surface area contributed by atoms with E-state index in [0.717, 1.165) is 11.1 Å². The second-order valence-corrected chi connectivity index (χ2v) is 6.83. The molecule has 0 saturated heterocycles. The summed E-state index contributed by atoms with van der Waals surface area (Å²) in [4.78, 5) is 22.3. The average molecular weight is 404 g/mol. The molecule has 28 heavy (non-hydrogen) atoms. The van der Waals surface area contributed by atoms with Gasteiger partial charge in [0.05, 0.1) is 23.9 Å². The molecule has 0 fully saturated rings. The Balaban J connectivity index is 1.78. The molecule has 0 radical (unpaired) electrons. The van der Waals surface area contributed by atoms with Crippen molar-refractivity contribution in [3.05, 3.63) is 63.7 Å². The first-order chi connectivity index (χ1) is 13.5. The highest BCUT2D eigenvalue weighted by atomic mass is 32.2. The first kappa shape index (κ1) is 21.6. The maximum atomic E-state index is 12.1. The van der Waals surface area contributed by atoms with Crippen LogP contribution in [-0.4, -0.2) is 29.8 Å². The maximum Gasteiger partial charge on any atom is 0.269 e. The van der Waals surface area contributed by atoms with Crippen LogP contribution in [0.1, 0.15) is 25.0 Å². The Morgan fingerprint density at radius 1 is 1.04 bits per heavy atom. The smallest absolute Gasteiger partial charge is 0.269 e. The SMILES string of the molecule is CCOc1ccc(CNC(=O)CSCc2ccc([N+](=O)[O-])cc2)cc1OCC. The van der Waals surface area contributed by atoms with Gasteiger partial charge in [-0.25, -0.2) is 0 Å². The van der Waals surface area contributed by atoms with Gasteiger partial charge in [-0.3, -0.25) is 14.9 Å². The minimum absolute atomic E-state index is 0.0632. The number of non-ortho nitro benzene ring substituents is 1. The van der Waals surface area contributed by atoms with Crippen molar-refractivity contribution < 1.29 is 19.2 Å². The Labute approximate surface area is 168 Å². The van der Waals surface area contributed by atoms with Crippen LogP contribution >= 0.6 is 11.8 Å². The number of carbonyl (C=O) groups excluding carboxylic acids is 1. The summed E-state index contributed by atoms with van der Waals surface area (Å²) in [5, 5.41) is 13.5. The summed E-state index contributed by atoms with van der Waals surface area (Å²) < 4.78 is 11.1. The number of hydrogen-bond donors (Lipinski definition) is 1. The first-order valence-electron chi connectivity index (χ1n) is 8.99. The zero-order valence-corrected chi connectivity index (χ0v) is 16.8. The Morgan fingerprint density at radius 3 is 2.32 bits per heavy atom. The number of benzene rings is 2. The average Bonchev–Trinajstić information content (AvgIpc) is 2.69. The molecule has 2 aromatic rings. The number of nitro groups is 1. The summed E-state index contributed by atoms with van der Waals surface area (Å²) in [5.74, 6) is 2.22. The van der Waals surface area contributed by atoms with E-state index < -0.39 is 4.92 Å². The lowest BCUT2D eigenvalue weighted by Crippen LogP contribution is -2.24. The van der Waals surface area contributed by atoms with Gasteiger partial charge in [0, 0.05) is 24.4 Å². The number of carbonyl (C=O) groups is 1.